The molecule has 24 heavy (non-hydrogen) atoms. The van der Waals surface area contributed by atoms with Crippen molar-refractivity contribution in [1.82, 2.24) is 4.90 Å². The molecule has 2 aromatic carbocycles. The number of carbonyl (C=O) groups is 1. The van der Waals surface area contributed by atoms with Crippen LogP contribution in [0, 0.1) is 5.82 Å². The van der Waals surface area contributed by atoms with Gasteiger partial charge in [0.15, 0.2) is 5.78 Å². The number of rotatable bonds is 6. The van der Waals surface area contributed by atoms with E-state index in [0.717, 1.165) is 31.8 Å². The van der Waals surface area contributed by atoms with Gasteiger partial charge in [-0.3, -0.25) is 4.79 Å². The zero-order valence-corrected chi connectivity index (χ0v) is 13.9. The molecule has 1 heterocycles. The molecule has 1 aliphatic rings. The third-order valence-electron chi connectivity index (χ3n) is 4.68. The van der Waals surface area contributed by atoms with Crippen molar-refractivity contribution in [2.45, 2.75) is 18.8 Å². The Bertz CT molecular complexity index is 682. The average molecular weight is 327 g/mol. The summed E-state index contributed by atoms with van der Waals surface area (Å²) in [7, 11) is 1.67. The topological polar surface area (TPSA) is 29.5 Å². The molecule has 126 valence electrons. The van der Waals surface area contributed by atoms with E-state index in [1.54, 1.807) is 19.2 Å². The fourth-order valence-corrected chi connectivity index (χ4v) is 3.22. The number of ether oxygens (including phenoxy) is 1. The summed E-state index contributed by atoms with van der Waals surface area (Å²) >= 11 is 0. The predicted molar refractivity (Wildman–Crippen MR) is 92.1 cm³/mol. The average Bonchev–Trinajstić information content (AvgIpc) is 3.09. The van der Waals surface area contributed by atoms with E-state index in [1.165, 1.54) is 17.7 Å². The SMILES string of the molecule is COc1ccc(C2CCN(CCC(=O)c3ccc(F)cc3)C2)cc1. The molecule has 0 amide bonds. The number of methoxy groups -OCH3 is 1. The molecule has 1 saturated heterocycles. The van der Waals surface area contributed by atoms with E-state index < -0.39 is 0 Å². The number of hydrogen-bond acceptors (Lipinski definition) is 3. The Morgan fingerprint density at radius 2 is 1.88 bits per heavy atom. The van der Waals surface area contributed by atoms with Gasteiger partial charge in [-0.1, -0.05) is 12.1 Å². The van der Waals surface area contributed by atoms with Gasteiger partial charge in [0.25, 0.3) is 0 Å². The summed E-state index contributed by atoms with van der Waals surface area (Å²) < 4.78 is 18.1. The minimum Gasteiger partial charge on any atom is -0.497 e. The highest BCUT2D eigenvalue weighted by atomic mass is 19.1. The highest BCUT2D eigenvalue weighted by molar-refractivity contribution is 5.96. The first kappa shape index (κ1) is 16.7. The molecule has 0 bridgehead atoms. The van der Waals surface area contributed by atoms with Gasteiger partial charge in [0, 0.05) is 25.1 Å². The van der Waals surface area contributed by atoms with Crippen LogP contribution in [0.3, 0.4) is 0 Å². The normalized spacial score (nSPS) is 17.8. The Kier molecular flexibility index (Phi) is 5.26. The van der Waals surface area contributed by atoms with Gasteiger partial charge in [-0.05, 0) is 60.8 Å². The number of hydrogen-bond donors (Lipinski definition) is 0. The van der Waals surface area contributed by atoms with Crippen LogP contribution in [0.2, 0.25) is 0 Å². The van der Waals surface area contributed by atoms with E-state index in [0.29, 0.717) is 17.9 Å². The van der Waals surface area contributed by atoms with Crippen molar-refractivity contribution in [2.75, 3.05) is 26.7 Å². The summed E-state index contributed by atoms with van der Waals surface area (Å²) in [5.41, 5.74) is 1.91. The first-order valence-electron chi connectivity index (χ1n) is 8.31. The molecule has 1 fully saturated rings. The van der Waals surface area contributed by atoms with Gasteiger partial charge in [0.05, 0.1) is 7.11 Å². The summed E-state index contributed by atoms with van der Waals surface area (Å²) in [4.78, 5) is 14.5. The fourth-order valence-electron chi connectivity index (χ4n) is 3.22. The van der Waals surface area contributed by atoms with Crippen molar-refractivity contribution in [3.8, 4) is 5.75 Å². The quantitative estimate of drug-likeness (QED) is 0.754. The highest BCUT2D eigenvalue weighted by Gasteiger charge is 2.24. The standard InChI is InChI=1S/C20H22FNO2/c1-24-19-8-4-15(5-9-19)17-10-12-22(14-17)13-11-20(23)16-2-6-18(21)7-3-16/h2-9,17H,10-14H2,1H3. The van der Waals surface area contributed by atoms with E-state index in [9.17, 15) is 9.18 Å². The summed E-state index contributed by atoms with van der Waals surface area (Å²) in [6.07, 6.45) is 1.58. The maximum absolute atomic E-state index is 12.9. The third-order valence-corrected chi connectivity index (χ3v) is 4.68. The molecule has 3 rings (SSSR count). The summed E-state index contributed by atoms with van der Waals surface area (Å²) in [6.45, 7) is 2.74. The Balaban J connectivity index is 1.50. The van der Waals surface area contributed by atoms with Crippen molar-refractivity contribution in [3.05, 3.63) is 65.5 Å². The number of carbonyl (C=O) groups excluding carboxylic acids is 1. The van der Waals surface area contributed by atoms with Gasteiger partial charge in [-0.25, -0.2) is 4.39 Å². The number of halogens is 1. The largest absolute Gasteiger partial charge is 0.497 e. The van der Waals surface area contributed by atoms with E-state index in [2.05, 4.69) is 17.0 Å². The van der Waals surface area contributed by atoms with E-state index in [4.69, 9.17) is 4.74 Å². The molecule has 0 radical (unpaired) electrons. The number of nitrogens with zero attached hydrogens (tertiary/aromatic N) is 1. The van der Waals surface area contributed by atoms with Crippen molar-refractivity contribution in [1.29, 1.82) is 0 Å². The second-order valence-electron chi connectivity index (χ2n) is 6.24. The Morgan fingerprint density at radius 1 is 1.17 bits per heavy atom. The second-order valence-corrected chi connectivity index (χ2v) is 6.24. The van der Waals surface area contributed by atoms with E-state index in [1.807, 2.05) is 12.1 Å². The lowest BCUT2D eigenvalue weighted by atomic mass is 9.98. The smallest absolute Gasteiger partial charge is 0.164 e. The van der Waals surface area contributed by atoms with Gasteiger partial charge < -0.3 is 9.64 Å². The number of ketones is 1. The molecule has 4 heteroatoms. The van der Waals surface area contributed by atoms with Crippen LogP contribution in [0.4, 0.5) is 4.39 Å². The predicted octanol–water partition coefficient (Wildman–Crippen LogP) is 3.90. The van der Waals surface area contributed by atoms with Crippen LogP contribution >= 0.6 is 0 Å². The molecule has 1 atom stereocenters. The van der Waals surface area contributed by atoms with Crippen molar-refractivity contribution in [2.24, 2.45) is 0 Å². The number of Topliss-reactive ketones (excluding diaryl/α,β-unsaturated/α-hetero) is 1. The first-order chi connectivity index (χ1) is 11.7. The van der Waals surface area contributed by atoms with Crippen molar-refractivity contribution >= 4 is 5.78 Å². The second kappa shape index (κ2) is 7.58. The minimum atomic E-state index is -0.312. The minimum absolute atomic E-state index is 0.0721. The van der Waals surface area contributed by atoms with Crippen LogP contribution in [0.15, 0.2) is 48.5 Å². The lowest BCUT2D eigenvalue weighted by Crippen LogP contribution is -2.23. The van der Waals surface area contributed by atoms with Gasteiger partial charge in [-0.15, -0.1) is 0 Å². The van der Waals surface area contributed by atoms with E-state index >= 15 is 0 Å². The fraction of sp³-hybridized carbons (Fsp3) is 0.350. The van der Waals surface area contributed by atoms with Crippen LogP contribution in [-0.2, 0) is 0 Å². The molecule has 3 nitrogen and oxygen atoms in total. The van der Waals surface area contributed by atoms with Crippen LogP contribution in [0.1, 0.15) is 34.7 Å². The maximum atomic E-state index is 12.9. The monoisotopic (exact) mass is 327 g/mol. The molecule has 1 unspecified atom stereocenters. The molecule has 1 aliphatic heterocycles. The molecule has 0 spiro atoms. The molecular weight excluding hydrogens is 305 g/mol. The van der Waals surface area contributed by atoms with Crippen molar-refractivity contribution < 1.29 is 13.9 Å². The number of benzene rings is 2. The molecular formula is C20H22FNO2. The molecule has 0 N–H and O–H groups in total. The lowest BCUT2D eigenvalue weighted by molar-refractivity contribution is 0.0968. The van der Waals surface area contributed by atoms with Crippen LogP contribution in [0.5, 0.6) is 5.75 Å². The molecule has 0 aliphatic carbocycles. The maximum Gasteiger partial charge on any atom is 0.164 e. The van der Waals surface area contributed by atoms with Gasteiger partial charge in [0.1, 0.15) is 11.6 Å². The summed E-state index contributed by atoms with van der Waals surface area (Å²) in [5.74, 6) is 1.15. The van der Waals surface area contributed by atoms with Gasteiger partial charge in [0.2, 0.25) is 0 Å². The van der Waals surface area contributed by atoms with Crippen LogP contribution in [-0.4, -0.2) is 37.4 Å². The summed E-state index contributed by atoms with van der Waals surface area (Å²) in [5, 5.41) is 0. The lowest BCUT2D eigenvalue weighted by Gasteiger charge is -2.16. The van der Waals surface area contributed by atoms with E-state index in [-0.39, 0.29) is 11.6 Å². The van der Waals surface area contributed by atoms with Gasteiger partial charge >= 0.3 is 0 Å². The Morgan fingerprint density at radius 3 is 2.54 bits per heavy atom. The van der Waals surface area contributed by atoms with Crippen LogP contribution in [0.25, 0.3) is 0 Å². The Hall–Kier alpha value is -2.20. The zero-order chi connectivity index (χ0) is 16.9. The summed E-state index contributed by atoms with van der Waals surface area (Å²) in [6, 6.07) is 14.0. The first-order valence-corrected chi connectivity index (χ1v) is 8.31. The third kappa shape index (κ3) is 4.01. The van der Waals surface area contributed by atoms with Crippen LogP contribution < -0.4 is 4.74 Å². The zero-order valence-electron chi connectivity index (χ0n) is 13.9. The highest BCUT2D eigenvalue weighted by Crippen LogP contribution is 2.28. The molecule has 2 aromatic rings. The molecule has 0 aromatic heterocycles. The number of likely N-dealkylation sites (tertiary alicyclic amines) is 1. The molecule has 0 saturated carbocycles. The van der Waals surface area contributed by atoms with Crippen molar-refractivity contribution in [3.63, 3.8) is 0 Å². The Labute approximate surface area is 142 Å². The van der Waals surface area contributed by atoms with Gasteiger partial charge in [-0.2, -0.15) is 0 Å².